The lowest BCUT2D eigenvalue weighted by molar-refractivity contribution is -0.384. The summed E-state index contributed by atoms with van der Waals surface area (Å²) in [6, 6.07) is 12.6. The van der Waals surface area contributed by atoms with Crippen LogP contribution >= 0.6 is 11.8 Å². The molecule has 7 nitrogen and oxygen atoms in total. The van der Waals surface area contributed by atoms with Crippen LogP contribution < -0.4 is 9.80 Å². The van der Waals surface area contributed by atoms with Gasteiger partial charge < -0.3 is 14.5 Å². The summed E-state index contributed by atoms with van der Waals surface area (Å²) in [7, 11) is 0. The third-order valence-corrected chi connectivity index (χ3v) is 6.10. The van der Waals surface area contributed by atoms with Crippen molar-refractivity contribution in [2.24, 2.45) is 0 Å². The topological polar surface area (TPSA) is 75.9 Å². The molecule has 0 unspecified atom stereocenters. The van der Waals surface area contributed by atoms with Gasteiger partial charge in [-0.1, -0.05) is 12.1 Å². The number of para-hydroxylation sites is 1. The molecule has 2 heterocycles. The smallest absolute Gasteiger partial charge is 0.293 e. The van der Waals surface area contributed by atoms with Gasteiger partial charge in [-0.15, -0.1) is 11.8 Å². The number of hydrogen-bond acceptors (Lipinski definition) is 6. The van der Waals surface area contributed by atoms with E-state index < -0.39 is 4.92 Å². The number of nitro groups is 1. The fourth-order valence-electron chi connectivity index (χ4n) is 3.57. The molecular weight excluding hydrogens is 378 g/mol. The molecule has 0 aliphatic carbocycles. The Labute approximate surface area is 167 Å². The summed E-state index contributed by atoms with van der Waals surface area (Å²) in [4.78, 5) is 29.3. The number of carbonyl (C=O) groups excluding carboxylic acids is 1. The first-order valence-corrected chi connectivity index (χ1v) is 10.3. The average Bonchev–Trinajstić information content (AvgIpc) is 2.96. The van der Waals surface area contributed by atoms with Gasteiger partial charge in [0, 0.05) is 36.2 Å². The molecule has 1 fully saturated rings. The van der Waals surface area contributed by atoms with E-state index in [-0.39, 0.29) is 11.6 Å². The number of thioether (sulfide) groups is 1. The van der Waals surface area contributed by atoms with E-state index in [9.17, 15) is 14.9 Å². The molecule has 0 N–H and O–H groups in total. The van der Waals surface area contributed by atoms with Gasteiger partial charge in [-0.25, -0.2) is 0 Å². The third-order valence-electron chi connectivity index (χ3n) is 4.96. The SMILES string of the molecule is O=C(c1ccc(N2CCOCC2)c([N+](=O)[O-])c1)N1CCCSc2ccccc21. The van der Waals surface area contributed by atoms with E-state index >= 15 is 0 Å². The van der Waals surface area contributed by atoms with Crippen LogP contribution in [0.3, 0.4) is 0 Å². The molecule has 0 aromatic heterocycles. The van der Waals surface area contributed by atoms with Crippen LogP contribution in [0.25, 0.3) is 0 Å². The molecule has 1 amide bonds. The molecular formula is C20H21N3O4S. The maximum atomic E-state index is 13.2. The maximum Gasteiger partial charge on any atom is 0.293 e. The maximum absolute atomic E-state index is 13.2. The second-order valence-electron chi connectivity index (χ2n) is 6.69. The van der Waals surface area contributed by atoms with Crippen molar-refractivity contribution in [3.8, 4) is 0 Å². The fourth-order valence-corrected chi connectivity index (χ4v) is 4.56. The van der Waals surface area contributed by atoms with Crippen molar-refractivity contribution in [3.05, 3.63) is 58.1 Å². The van der Waals surface area contributed by atoms with Gasteiger partial charge in [0.1, 0.15) is 5.69 Å². The molecule has 2 aromatic carbocycles. The second kappa shape index (κ2) is 8.20. The van der Waals surface area contributed by atoms with E-state index in [1.807, 2.05) is 29.2 Å². The number of morpholine rings is 1. The van der Waals surface area contributed by atoms with E-state index in [0.717, 1.165) is 22.8 Å². The van der Waals surface area contributed by atoms with Crippen LogP contribution in [0.2, 0.25) is 0 Å². The summed E-state index contributed by atoms with van der Waals surface area (Å²) in [5.41, 5.74) is 1.71. The van der Waals surface area contributed by atoms with E-state index in [1.165, 1.54) is 6.07 Å². The first-order valence-electron chi connectivity index (χ1n) is 9.30. The summed E-state index contributed by atoms with van der Waals surface area (Å²) in [6.07, 6.45) is 0.874. The number of hydrogen-bond donors (Lipinski definition) is 0. The molecule has 2 aliphatic heterocycles. The Morgan fingerprint density at radius 3 is 2.64 bits per heavy atom. The Morgan fingerprint density at radius 2 is 1.86 bits per heavy atom. The predicted octanol–water partition coefficient (Wildman–Crippen LogP) is 3.57. The number of carbonyl (C=O) groups is 1. The molecule has 2 aliphatic rings. The molecule has 1 saturated heterocycles. The van der Waals surface area contributed by atoms with Crippen molar-refractivity contribution in [3.63, 3.8) is 0 Å². The molecule has 0 bridgehead atoms. The largest absolute Gasteiger partial charge is 0.378 e. The van der Waals surface area contributed by atoms with Gasteiger partial charge in [0.2, 0.25) is 0 Å². The lowest BCUT2D eigenvalue weighted by atomic mass is 10.1. The molecule has 28 heavy (non-hydrogen) atoms. The van der Waals surface area contributed by atoms with Crippen molar-refractivity contribution in [2.45, 2.75) is 11.3 Å². The van der Waals surface area contributed by atoms with E-state index in [2.05, 4.69) is 0 Å². The minimum Gasteiger partial charge on any atom is -0.378 e. The van der Waals surface area contributed by atoms with Crippen LogP contribution in [0.1, 0.15) is 16.8 Å². The normalized spacial score (nSPS) is 17.0. The number of anilines is 2. The van der Waals surface area contributed by atoms with Crippen LogP contribution in [0.15, 0.2) is 47.4 Å². The number of fused-ring (bicyclic) bond motifs is 1. The number of amides is 1. The van der Waals surface area contributed by atoms with Gasteiger partial charge in [-0.2, -0.15) is 0 Å². The minimum absolute atomic E-state index is 0.0368. The van der Waals surface area contributed by atoms with E-state index in [1.54, 1.807) is 28.8 Å². The van der Waals surface area contributed by atoms with Crippen LogP contribution in [0, 0.1) is 10.1 Å². The van der Waals surface area contributed by atoms with Crippen molar-refractivity contribution in [1.29, 1.82) is 0 Å². The molecule has 8 heteroatoms. The highest BCUT2D eigenvalue weighted by Gasteiger charge is 2.27. The highest BCUT2D eigenvalue weighted by molar-refractivity contribution is 7.99. The summed E-state index contributed by atoms with van der Waals surface area (Å²) >= 11 is 1.73. The van der Waals surface area contributed by atoms with Gasteiger partial charge in [-0.05, 0) is 36.4 Å². The van der Waals surface area contributed by atoms with Crippen molar-refractivity contribution in [2.75, 3.05) is 48.4 Å². The minimum atomic E-state index is -0.409. The zero-order chi connectivity index (χ0) is 19.5. The molecule has 0 radical (unpaired) electrons. The molecule has 4 rings (SSSR count). The second-order valence-corrected chi connectivity index (χ2v) is 7.82. The zero-order valence-corrected chi connectivity index (χ0v) is 16.2. The third kappa shape index (κ3) is 3.70. The molecule has 146 valence electrons. The summed E-state index contributed by atoms with van der Waals surface area (Å²) in [5.74, 6) is 0.739. The van der Waals surface area contributed by atoms with Gasteiger partial charge in [0.15, 0.2) is 0 Å². The molecule has 0 saturated carbocycles. The molecule has 0 atom stereocenters. The lowest BCUT2D eigenvalue weighted by Gasteiger charge is -2.28. The standard InChI is InChI=1S/C20H21N3O4S/c24-20(22-8-3-13-28-19-5-2-1-4-17(19)22)15-6-7-16(18(14-15)23(25)26)21-9-11-27-12-10-21/h1-2,4-7,14H,3,8-13H2. The molecule has 0 spiro atoms. The Hall–Kier alpha value is -2.58. The Morgan fingerprint density at radius 1 is 1.07 bits per heavy atom. The van der Waals surface area contributed by atoms with Gasteiger partial charge in [0.05, 0.1) is 23.8 Å². The van der Waals surface area contributed by atoms with Crippen molar-refractivity contribution < 1.29 is 14.5 Å². The van der Waals surface area contributed by atoms with Crippen LogP contribution in [-0.2, 0) is 4.74 Å². The fraction of sp³-hybridized carbons (Fsp3) is 0.350. The number of rotatable bonds is 3. The predicted molar refractivity (Wildman–Crippen MR) is 110 cm³/mol. The average molecular weight is 399 g/mol. The number of nitrogens with zero attached hydrogens (tertiary/aromatic N) is 3. The Kier molecular flexibility index (Phi) is 5.50. The van der Waals surface area contributed by atoms with Crippen molar-refractivity contribution >= 4 is 34.7 Å². The van der Waals surface area contributed by atoms with Crippen LogP contribution in [-0.4, -0.2) is 49.4 Å². The van der Waals surface area contributed by atoms with Gasteiger partial charge in [0.25, 0.3) is 11.6 Å². The van der Waals surface area contributed by atoms with E-state index in [4.69, 9.17) is 4.74 Å². The first-order chi connectivity index (χ1) is 13.6. The van der Waals surface area contributed by atoms with Gasteiger partial charge in [-0.3, -0.25) is 14.9 Å². The number of ether oxygens (including phenoxy) is 1. The van der Waals surface area contributed by atoms with Gasteiger partial charge >= 0.3 is 0 Å². The lowest BCUT2D eigenvalue weighted by Crippen LogP contribution is -2.36. The summed E-state index contributed by atoms with van der Waals surface area (Å²) in [5, 5.41) is 11.7. The van der Waals surface area contributed by atoms with Crippen LogP contribution in [0.4, 0.5) is 17.1 Å². The first kappa shape index (κ1) is 18.8. The summed E-state index contributed by atoms with van der Waals surface area (Å²) in [6.45, 7) is 2.89. The van der Waals surface area contributed by atoms with Crippen molar-refractivity contribution in [1.82, 2.24) is 0 Å². The highest BCUT2D eigenvalue weighted by atomic mass is 32.2. The summed E-state index contributed by atoms with van der Waals surface area (Å²) < 4.78 is 5.33. The monoisotopic (exact) mass is 399 g/mol. The van der Waals surface area contributed by atoms with Crippen LogP contribution in [0.5, 0.6) is 0 Å². The highest BCUT2D eigenvalue weighted by Crippen LogP contribution is 2.35. The quantitative estimate of drug-likeness (QED) is 0.580. The number of benzene rings is 2. The number of nitro benzene ring substituents is 1. The zero-order valence-electron chi connectivity index (χ0n) is 15.4. The Balaban J connectivity index is 1.68. The Bertz CT molecular complexity index is 899. The van der Waals surface area contributed by atoms with E-state index in [0.29, 0.717) is 44.1 Å². The molecule has 2 aromatic rings.